The van der Waals surface area contributed by atoms with E-state index in [0.29, 0.717) is 0 Å². The molecule has 3 nitrogen and oxygen atoms in total. The van der Waals surface area contributed by atoms with Crippen LogP contribution in [-0.4, -0.2) is 15.0 Å². The van der Waals surface area contributed by atoms with E-state index in [1.165, 1.54) is 43.2 Å². The minimum absolute atomic E-state index is 0.993. The van der Waals surface area contributed by atoms with E-state index in [0.717, 1.165) is 11.0 Å². The van der Waals surface area contributed by atoms with Gasteiger partial charge in [-0.1, -0.05) is 38.2 Å². The third-order valence-electron chi connectivity index (χ3n) is 3.68. The highest BCUT2D eigenvalue weighted by Gasteiger charge is 2.00. The van der Waals surface area contributed by atoms with Crippen molar-refractivity contribution in [3.8, 4) is 11.1 Å². The molecule has 1 saturated carbocycles. The number of pyridine rings is 1. The second-order valence-electron chi connectivity index (χ2n) is 5.14. The van der Waals surface area contributed by atoms with E-state index in [9.17, 15) is 0 Å². The van der Waals surface area contributed by atoms with E-state index in [1.54, 1.807) is 18.7 Å². The Labute approximate surface area is 119 Å². The Morgan fingerprint density at radius 2 is 1.50 bits per heavy atom. The lowest BCUT2D eigenvalue weighted by molar-refractivity contribution is 0.886. The van der Waals surface area contributed by atoms with Crippen LogP contribution in [0.25, 0.3) is 22.2 Å². The van der Waals surface area contributed by atoms with E-state index >= 15 is 0 Å². The third-order valence-corrected chi connectivity index (χ3v) is 3.68. The molecule has 1 aliphatic rings. The van der Waals surface area contributed by atoms with E-state index in [2.05, 4.69) is 27.1 Å². The van der Waals surface area contributed by atoms with Crippen molar-refractivity contribution < 1.29 is 0 Å². The molecule has 2 heterocycles. The van der Waals surface area contributed by atoms with Crippen LogP contribution in [-0.2, 0) is 0 Å². The Hall–Kier alpha value is -2.16. The van der Waals surface area contributed by atoms with Crippen molar-refractivity contribution in [2.75, 3.05) is 0 Å². The molecule has 2 aromatic heterocycles. The molecule has 102 valence electrons. The number of H-pyrrole nitrogens is 1. The van der Waals surface area contributed by atoms with Crippen molar-refractivity contribution in [3.05, 3.63) is 49.1 Å². The predicted molar refractivity (Wildman–Crippen MR) is 82.4 cm³/mol. The molecule has 3 heteroatoms. The van der Waals surface area contributed by atoms with Gasteiger partial charge >= 0.3 is 0 Å². The number of hydrogen-bond donors (Lipinski definition) is 1. The van der Waals surface area contributed by atoms with Gasteiger partial charge < -0.3 is 4.98 Å². The zero-order valence-corrected chi connectivity index (χ0v) is 11.5. The zero-order chi connectivity index (χ0) is 13.6. The summed E-state index contributed by atoms with van der Waals surface area (Å²) in [6, 6.07) is 10.2. The van der Waals surface area contributed by atoms with Gasteiger partial charge in [0.25, 0.3) is 0 Å². The van der Waals surface area contributed by atoms with E-state index in [-0.39, 0.29) is 0 Å². The first-order valence-electron chi connectivity index (χ1n) is 7.27. The first kappa shape index (κ1) is 12.9. The first-order valence-corrected chi connectivity index (χ1v) is 7.27. The van der Waals surface area contributed by atoms with Gasteiger partial charge in [0.1, 0.15) is 0 Å². The topological polar surface area (TPSA) is 41.6 Å². The first-order chi connectivity index (χ1) is 9.93. The molecule has 0 saturated heterocycles. The van der Waals surface area contributed by atoms with Gasteiger partial charge in [-0.15, -0.1) is 0 Å². The lowest BCUT2D eigenvalue weighted by Crippen LogP contribution is -1.78. The number of aromatic nitrogens is 3. The van der Waals surface area contributed by atoms with E-state index in [4.69, 9.17) is 0 Å². The highest BCUT2D eigenvalue weighted by atomic mass is 14.9. The molecule has 0 radical (unpaired) electrons. The number of rotatable bonds is 1. The van der Waals surface area contributed by atoms with Crippen LogP contribution >= 0.6 is 0 Å². The SMILES string of the molecule is C1CCCC1.c1cc(-c2ccc3nc[nH]c3c2)ccn1. The highest BCUT2D eigenvalue weighted by Crippen LogP contribution is 2.21. The summed E-state index contributed by atoms with van der Waals surface area (Å²) in [4.78, 5) is 11.3. The van der Waals surface area contributed by atoms with Gasteiger partial charge in [0.05, 0.1) is 17.4 Å². The number of benzene rings is 1. The zero-order valence-electron chi connectivity index (χ0n) is 11.5. The molecule has 0 bridgehead atoms. The summed E-state index contributed by atoms with van der Waals surface area (Å²) in [6.07, 6.45) is 12.8. The van der Waals surface area contributed by atoms with Gasteiger partial charge in [0.15, 0.2) is 0 Å². The quantitative estimate of drug-likeness (QED) is 0.700. The Morgan fingerprint density at radius 1 is 0.800 bits per heavy atom. The normalized spacial score (nSPS) is 14.0. The van der Waals surface area contributed by atoms with E-state index in [1.807, 2.05) is 18.2 Å². The lowest BCUT2D eigenvalue weighted by atomic mass is 10.1. The minimum atomic E-state index is 0.993. The van der Waals surface area contributed by atoms with Crippen molar-refractivity contribution in [2.24, 2.45) is 0 Å². The summed E-state index contributed by atoms with van der Waals surface area (Å²) in [5.41, 5.74) is 4.40. The van der Waals surface area contributed by atoms with Crippen molar-refractivity contribution in [3.63, 3.8) is 0 Å². The van der Waals surface area contributed by atoms with Crippen molar-refractivity contribution in [1.82, 2.24) is 15.0 Å². The summed E-state index contributed by atoms with van der Waals surface area (Å²) >= 11 is 0. The standard InChI is InChI=1S/C12H9N3.C5H10/c1-2-11-12(15-8-14-11)7-10(1)9-3-5-13-6-4-9;1-2-4-5-3-1/h1-8H,(H,14,15);1-5H2. The third kappa shape index (κ3) is 3.05. The fourth-order valence-electron chi connectivity index (χ4n) is 2.54. The van der Waals surface area contributed by atoms with Crippen LogP contribution < -0.4 is 0 Å². The Balaban J connectivity index is 0.000000205. The fourth-order valence-corrected chi connectivity index (χ4v) is 2.54. The average molecular weight is 265 g/mol. The average Bonchev–Trinajstić information content (AvgIpc) is 3.22. The summed E-state index contributed by atoms with van der Waals surface area (Å²) in [5, 5.41) is 0. The molecule has 0 amide bonds. The van der Waals surface area contributed by atoms with Gasteiger partial charge in [-0.2, -0.15) is 0 Å². The van der Waals surface area contributed by atoms with E-state index < -0.39 is 0 Å². The largest absolute Gasteiger partial charge is 0.345 e. The fraction of sp³-hybridized carbons (Fsp3) is 0.294. The molecule has 0 aliphatic heterocycles. The van der Waals surface area contributed by atoms with Crippen LogP contribution in [0.2, 0.25) is 0 Å². The Bertz CT molecular complexity index is 646. The van der Waals surface area contributed by atoms with Crippen LogP contribution in [0.1, 0.15) is 32.1 Å². The number of nitrogens with one attached hydrogen (secondary N) is 1. The van der Waals surface area contributed by atoms with Crippen molar-refractivity contribution in [2.45, 2.75) is 32.1 Å². The molecule has 0 spiro atoms. The van der Waals surface area contributed by atoms with Crippen molar-refractivity contribution >= 4 is 11.0 Å². The van der Waals surface area contributed by atoms with Crippen LogP contribution in [0.15, 0.2) is 49.1 Å². The number of fused-ring (bicyclic) bond motifs is 1. The van der Waals surface area contributed by atoms with Gasteiger partial charge in [-0.3, -0.25) is 4.98 Å². The van der Waals surface area contributed by atoms with Crippen LogP contribution in [0.4, 0.5) is 0 Å². The van der Waals surface area contributed by atoms with Gasteiger partial charge in [-0.25, -0.2) is 4.98 Å². The summed E-state index contributed by atoms with van der Waals surface area (Å²) in [7, 11) is 0. The molecule has 0 unspecified atom stereocenters. The number of nitrogens with zero attached hydrogens (tertiary/aromatic N) is 2. The van der Waals surface area contributed by atoms with Crippen LogP contribution in [0.3, 0.4) is 0 Å². The molecular weight excluding hydrogens is 246 g/mol. The van der Waals surface area contributed by atoms with Crippen LogP contribution in [0, 0.1) is 0 Å². The molecule has 0 atom stereocenters. The second-order valence-corrected chi connectivity index (χ2v) is 5.14. The Morgan fingerprint density at radius 3 is 2.20 bits per heavy atom. The van der Waals surface area contributed by atoms with Gasteiger partial charge in [0.2, 0.25) is 0 Å². The summed E-state index contributed by atoms with van der Waals surface area (Å²) < 4.78 is 0. The highest BCUT2D eigenvalue weighted by molar-refractivity contribution is 5.81. The minimum Gasteiger partial charge on any atom is -0.345 e. The monoisotopic (exact) mass is 265 g/mol. The Kier molecular flexibility index (Phi) is 4.07. The van der Waals surface area contributed by atoms with Gasteiger partial charge in [0, 0.05) is 12.4 Å². The van der Waals surface area contributed by atoms with Crippen LogP contribution in [0.5, 0.6) is 0 Å². The molecular formula is C17H19N3. The maximum Gasteiger partial charge on any atom is 0.0931 e. The number of hydrogen-bond acceptors (Lipinski definition) is 2. The number of imidazole rings is 1. The second kappa shape index (κ2) is 6.33. The molecule has 1 aliphatic carbocycles. The molecule has 1 fully saturated rings. The predicted octanol–water partition coefficient (Wildman–Crippen LogP) is 4.58. The summed E-state index contributed by atoms with van der Waals surface area (Å²) in [5.74, 6) is 0. The smallest absolute Gasteiger partial charge is 0.0931 e. The van der Waals surface area contributed by atoms with Gasteiger partial charge in [-0.05, 0) is 35.4 Å². The molecule has 20 heavy (non-hydrogen) atoms. The molecule has 3 aromatic rings. The molecule has 1 N–H and O–H groups in total. The maximum atomic E-state index is 4.19. The molecule has 4 rings (SSSR count). The molecule has 1 aromatic carbocycles. The lowest BCUT2D eigenvalue weighted by Gasteiger charge is -2.00. The van der Waals surface area contributed by atoms with Crippen molar-refractivity contribution in [1.29, 1.82) is 0 Å². The maximum absolute atomic E-state index is 4.19. The number of aromatic amines is 1. The summed E-state index contributed by atoms with van der Waals surface area (Å²) in [6.45, 7) is 0.